The van der Waals surface area contributed by atoms with Crippen molar-refractivity contribution in [3.8, 4) is 39.5 Å². The van der Waals surface area contributed by atoms with Gasteiger partial charge in [0, 0.05) is 52.2 Å². The maximum Gasteiger partial charge on any atom is 0.138 e. The number of ether oxygens (including phenoxy) is 1. The molecule has 6 aromatic rings. The van der Waals surface area contributed by atoms with Crippen LogP contribution in [0.25, 0.3) is 55.6 Å². The number of fused-ring (bicyclic) bond motifs is 2. The Labute approximate surface area is 213 Å². The summed E-state index contributed by atoms with van der Waals surface area (Å²) < 4.78 is 6.23. The maximum absolute atomic E-state index is 6.23. The Morgan fingerprint density at radius 1 is 0.730 bits per heavy atom. The number of piperidine rings is 1. The highest BCUT2D eigenvalue weighted by molar-refractivity contribution is 6.00. The lowest BCUT2D eigenvalue weighted by Crippen LogP contribution is -2.34. The number of nitrogens with one attached hydrogen (secondary N) is 3. The van der Waals surface area contributed by atoms with E-state index in [1.807, 2.05) is 30.6 Å². The van der Waals surface area contributed by atoms with E-state index in [0.29, 0.717) is 0 Å². The third-order valence-electron chi connectivity index (χ3n) is 6.96. The smallest absolute Gasteiger partial charge is 0.138 e. The van der Waals surface area contributed by atoms with Gasteiger partial charge < -0.3 is 15.0 Å². The largest absolute Gasteiger partial charge is 0.489 e. The molecule has 0 aliphatic carbocycles. The molecule has 3 N–H and O–H groups in total. The molecule has 1 aromatic carbocycles. The standard InChI is InChI=1S/C29H25N7O/c1-2-26-23(14-19(1)20-13-22(17-32-16-20)37-21-5-10-31-11-6-21)29(36-35-26)27-15-24-25(34-27)7-12-33-28(24)18-3-8-30-9-4-18/h1-4,7-9,12-17,21,31,34H,5-6,10-11H2,(H,35,36). The first kappa shape index (κ1) is 21.7. The monoisotopic (exact) mass is 487 g/mol. The van der Waals surface area contributed by atoms with Crippen LogP contribution >= 0.6 is 0 Å². The molecule has 37 heavy (non-hydrogen) atoms. The molecular formula is C29H25N7O. The molecule has 1 saturated heterocycles. The minimum Gasteiger partial charge on any atom is -0.489 e. The molecule has 6 heterocycles. The predicted octanol–water partition coefficient (Wildman–Crippen LogP) is 5.36. The van der Waals surface area contributed by atoms with Gasteiger partial charge in [0.25, 0.3) is 0 Å². The molecule has 1 aliphatic heterocycles. The van der Waals surface area contributed by atoms with Gasteiger partial charge in [0.2, 0.25) is 0 Å². The molecule has 0 radical (unpaired) electrons. The Hall–Kier alpha value is -4.56. The molecule has 5 aromatic heterocycles. The van der Waals surface area contributed by atoms with E-state index in [0.717, 1.165) is 87.3 Å². The first-order valence-corrected chi connectivity index (χ1v) is 12.5. The van der Waals surface area contributed by atoms with Crippen molar-refractivity contribution in [1.29, 1.82) is 0 Å². The normalized spacial score (nSPS) is 14.4. The van der Waals surface area contributed by atoms with Crippen LogP contribution in [0.4, 0.5) is 0 Å². The molecule has 8 nitrogen and oxygen atoms in total. The lowest BCUT2D eigenvalue weighted by Gasteiger charge is -2.23. The van der Waals surface area contributed by atoms with Crippen LogP contribution in [0.2, 0.25) is 0 Å². The van der Waals surface area contributed by atoms with Crippen molar-refractivity contribution in [2.45, 2.75) is 18.9 Å². The second-order valence-electron chi connectivity index (χ2n) is 9.35. The molecule has 0 bridgehead atoms. The van der Waals surface area contributed by atoms with E-state index in [1.165, 1.54) is 0 Å². The zero-order valence-electron chi connectivity index (χ0n) is 20.1. The first-order chi connectivity index (χ1) is 18.3. The van der Waals surface area contributed by atoms with Crippen LogP contribution in [0.3, 0.4) is 0 Å². The Kier molecular flexibility index (Phi) is 5.36. The highest BCUT2D eigenvalue weighted by Gasteiger charge is 2.17. The second kappa shape index (κ2) is 9.15. The third-order valence-corrected chi connectivity index (χ3v) is 6.96. The zero-order valence-corrected chi connectivity index (χ0v) is 20.1. The number of rotatable bonds is 5. The van der Waals surface area contributed by atoms with Crippen LogP contribution in [-0.4, -0.2) is 49.3 Å². The van der Waals surface area contributed by atoms with Crippen LogP contribution in [0.5, 0.6) is 5.75 Å². The van der Waals surface area contributed by atoms with Gasteiger partial charge in [-0.1, -0.05) is 6.07 Å². The van der Waals surface area contributed by atoms with E-state index in [2.05, 4.69) is 65.8 Å². The molecule has 0 unspecified atom stereocenters. The van der Waals surface area contributed by atoms with Gasteiger partial charge in [-0.2, -0.15) is 5.10 Å². The summed E-state index contributed by atoms with van der Waals surface area (Å²) in [6.07, 6.45) is 11.3. The Balaban J connectivity index is 1.26. The number of hydrogen-bond donors (Lipinski definition) is 3. The zero-order chi connectivity index (χ0) is 24.6. The quantitative estimate of drug-likeness (QED) is 0.302. The van der Waals surface area contributed by atoms with Gasteiger partial charge in [-0.25, -0.2) is 0 Å². The predicted molar refractivity (Wildman–Crippen MR) is 144 cm³/mol. The number of pyridine rings is 3. The lowest BCUT2D eigenvalue weighted by atomic mass is 10.0. The van der Waals surface area contributed by atoms with Crippen LogP contribution in [0.15, 0.2) is 79.5 Å². The summed E-state index contributed by atoms with van der Waals surface area (Å²) in [6, 6.07) is 16.4. The maximum atomic E-state index is 6.23. The number of aromatic amines is 2. The summed E-state index contributed by atoms with van der Waals surface area (Å²) in [5.74, 6) is 0.809. The highest BCUT2D eigenvalue weighted by atomic mass is 16.5. The van der Waals surface area contributed by atoms with Crippen molar-refractivity contribution >= 4 is 21.8 Å². The van der Waals surface area contributed by atoms with E-state index in [9.17, 15) is 0 Å². The molecule has 0 spiro atoms. The topological polar surface area (TPSA) is 104 Å². The third kappa shape index (κ3) is 4.11. The van der Waals surface area contributed by atoms with Crippen molar-refractivity contribution in [2.75, 3.05) is 13.1 Å². The van der Waals surface area contributed by atoms with Gasteiger partial charge in [0.1, 0.15) is 17.5 Å². The molecule has 7 rings (SSSR count). The van der Waals surface area contributed by atoms with Gasteiger partial charge in [-0.15, -0.1) is 0 Å². The molecular weight excluding hydrogens is 462 g/mol. The van der Waals surface area contributed by atoms with E-state index in [4.69, 9.17) is 4.74 Å². The second-order valence-corrected chi connectivity index (χ2v) is 9.35. The van der Waals surface area contributed by atoms with Crippen LogP contribution < -0.4 is 10.1 Å². The van der Waals surface area contributed by atoms with Gasteiger partial charge in [-0.05, 0) is 74.0 Å². The summed E-state index contributed by atoms with van der Waals surface area (Å²) in [5.41, 5.74) is 7.80. The van der Waals surface area contributed by atoms with Crippen LogP contribution in [0, 0.1) is 0 Å². The minimum atomic E-state index is 0.231. The number of H-pyrrole nitrogens is 2. The average molecular weight is 488 g/mol. The number of nitrogens with zero attached hydrogens (tertiary/aromatic N) is 4. The van der Waals surface area contributed by atoms with E-state index in [1.54, 1.807) is 18.6 Å². The van der Waals surface area contributed by atoms with Gasteiger partial charge in [0.05, 0.1) is 23.1 Å². The fourth-order valence-corrected chi connectivity index (χ4v) is 5.07. The van der Waals surface area contributed by atoms with Gasteiger partial charge in [-0.3, -0.25) is 20.1 Å². The Bertz CT molecular complexity index is 1700. The van der Waals surface area contributed by atoms with E-state index in [-0.39, 0.29) is 6.10 Å². The van der Waals surface area contributed by atoms with Crippen LogP contribution in [0.1, 0.15) is 12.8 Å². The van der Waals surface area contributed by atoms with Crippen molar-refractivity contribution in [3.05, 3.63) is 79.5 Å². The van der Waals surface area contributed by atoms with Crippen molar-refractivity contribution in [1.82, 2.24) is 35.5 Å². The highest BCUT2D eigenvalue weighted by Crippen LogP contribution is 2.34. The first-order valence-electron chi connectivity index (χ1n) is 12.5. The van der Waals surface area contributed by atoms with Crippen LogP contribution in [-0.2, 0) is 0 Å². The van der Waals surface area contributed by atoms with E-state index >= 15 is 0 Å². The summed E-state index contributed by atoms with van der Waals surface area (Å²) >= 11 is 0. The van der Waals surface area contributed by atoms with Crippen molar-refractivity contribution in [2.24, 2.45) is 0 Å². The molecule has 0 amide bonds. The van der Waals surface area contributed by atoms with Gasteiger partial charge in [0.15, 0.2) is 0 Å². The number of hydrogen-bond acceptors (Lipinski definition) is 6. The SMILES string of the molecule is c1cc(-c2nccc3[nH]c(-c4n[nH]c5ccc(-c6cncc(OC7CCNCC7)c6)cc45)cc23)ccn1. The van der Waals surface area contributed by atoms with Crippen molar-refractivity contribution in [3.63, 3.8) is 0 Å². The fraction of sp³-hybridized carbons (Fsp3) is 0.172. The molecule has 182 valence electrons. The number of benzene rings is 1. The summed E-state index contributed by atoms with van der Waals surface area (Å²) in [6.45, 7) is 1.98. The van der Waals surface area contributed by atoms with Gasteiger partial charge >= 0.3 is 0 Å². The number of aromatic nitrogens is 6. The molecule has 1 aliphatic rings. The van der Waals surface area contributed by atoms with Crippen molar-refractivity contribution < 1.29 is 4.74 Å². The molecule has 8 heteroatoms. The summed E-state index contributed by atoms with van der Waals surface area (Å²) in [7, 11) is 0. The molecule has 0 saturated carbocycles. The Morgan fingerprint density at radius 2 is 1.59 bits per heavy atom. The molecule has 1 fully saturated rings. The van der Waals surface area contributed by atoms with E-state index < -0.39 is 0 Å². The average Bonchev–Trinajstić information content (AvgIpc) is 3.58. The minimum absolute atomic E-state index is 0.231. The lowest BCUT2D eigenvalue weighted by molar-refractivity contribution is 0.162. The molecule has 0 atom stereocenters. The fourth-order valence-electron chi connectivity index (χ4n) is 5.07. The Morgan fingerprint density at radius 3 is 2.49 bits per heavy atom. The summed E-state index contributed by atoms with van der Waals surface area (Å²) in [4.78, 5) is 16.8. The summed E-state index contributed by atoms with van der Waals surface area (Å²) in [5, 5.41) is 13.3.